The van der Waals surface area contributed by atoms with Crippen LogP contribution in [0.1, 0.15) is 128 Å². The number of para-hydroxylation sites is 2. The fraction of sp³-hybridized carbons (Fsp3) is 0.343. The van der Waals surface area contributed by atoms with Gasteiger partial charge in [0.15, 0.2) is 0 Å². The molecule has 3 amide bonds. The standard InChI is InChI=1S/C34H39N7O2.C28H30N6O.C4H4BrClO.CH4.ClH/c1-41(2)18-6-11-31(42)37-24-16-14-23(15-17-24)33(43)38-25-7-5-8-26(19-25)39-34-36-20-28(22-12-13-22)32(40-34)29-21-35-30-10-4-3-9-27(29)30;29-19-12-10-18(11-13-19)27(35)32-20-4-3-5-21(14-20)33-28-31-15-23(17-8-9-17)26(34-28)24-16-30-25-7-2-1-6-22(24)25;5-3-1-2-4(6)7;;/h3-4,6,9-11,14-17,20-22,25-26,35H,5,7-8,12-13,18-19H2,1-2H3,(H,37,42)(H,38,43)(H,36,39,40);1-2,6-7,10-13,15-17,20-21,30H,3-5,8-9,14,29H2,(H,32,35)(H,31,33,34);1-2H,3H2;1H4;1H/b11-6+;;2-1+;;/t25-,26+;20-,21+;;;/m00.../s1. The number of carbonyl (C=O) groups is 4. The van der Waals surface area contributed by atoms with Crippen LogP contribution in [-0.4, -0.2) is 108 Å². The molecule has 4 aromatic carbocycles. The highest BCUT2D eigenvalue weighted by Crippen LogP contribution is 2.46. The van der Waals surface area contributed by atoms with Crippen molar-refractivity contribution in [2.75, 3.05) is 47.7 Å². The van der Waals surface area contributed by atoms with Crippen LogP contribution >= 0.6 is 39.9 Å². The summed E-state index contributed by atoms with van der Waals surface area (Å²) < 4.78 is 0. The molecule has 12 rings (SSSR count). The maximum absolute atomic E-state index is 13.0. The van der Waals surface area contributed by atoms with Crippen LogP contribution in [0.15, 0.2) is 146 Å². The number of rotatable bonds is 18. The van der Waals surface area contributed by atoms with Crippen LogP contribution in [0, 0.1) is 0 Å². The van der Waals surface area contributed by atoms with E-state index in [2.05, 4.69) is 101 Å². The minimum Gasteiger partial charge on any atom is -0.399 e. The minimum atomic E-state index is -0.431. The van der Waals surface area contributed by atoms with Gasteiger partial charge in [-0.05, 0) is 181 Å². The average Bonchev–Trinajstić information content (AvgIpc) is 1.83. The van der Waals surface area contributed by atoms with Gasteiger partial charge >= 0.3 is 0 Å². The largest absolute Gasteiger partial charge is 0.399 e. The Morgan fingerprint density at radius 2 is 1.09 bits per heavy atom. The summed E-state index contributed by atoms with van der Waals surface area (Å²) in [5.41, 5.74) is 17.2. The maximum atomic E-state index is 13.0. The lowest BCUT2D eigenvalue weighted by molar-refractivity contribution is -0.112. The molecule has 0 bridgehead atoms. The normalized spacial score (nSPS) is 18.1. The molecule has 4 aromatic heterocycles. The molecule has 4 fully saturated rings. The van der Waals surface area contributed by atoms with Gasteiger partial charge in [-0.2, -0.15) is 0 Å². The number of carbonyl (C=O) groups excluding carboxylic acids is 4. The zero-order valence-electron chi connectivity index (χ0n) is 48.3. The molecule has 0 aliphatic heterocycles. The van der Waals surface area contributed by atoms with Gasteiger partial charge in [0.2, 0.25) is 23.0 Å². The van der Waals surface area contributed by atoms with Gasteiger partial charge in [-0.3, -0.25) is 19.2 Å². The summed E-state index contributed by atoms with van der Waals surface area (Å²) in [6.07, 6.45) is 26.8. The van der Waals surface area contributed by atoms with Crippen molar-refractivity contribution in [3.8, 4) is 22.5 Å². The number of aromatic nitrogens is 6. The van der Waals surface area contributed by atoms with Crippen molar-refractivity contribution < 1.29 is 19.2 Å². The predicted molar refractivity (Wildman–Crippen MR) is 358 cm³/mol. The molecule has 20 heteroatoms. The molecule has 9 N–H and O–H groups in total. The van der Waals surface area contributed by atoms with Gasteiger partial charge in [0.05, 0.1) is 11.4 Å². The number of anilines is 4. The van der Waals surface area contributed by atoms with Crippen LogP contribution in [0.5, 0.6) is 0 Å². The Labute approximate surface area is 528 Å². The van der Waals surface area contributed by atoms with Crippen molar-refractivity contribution in [3.63, 3.8) is 0 Å². The number of nitrogens with two attached hydrogens (primary N) is 1. The predicted octanol–water partition coefficient (Wildman–Crippen LogP) is 13.7. The Kier molecular flexibility index (Phi) is 23.3. The highest BCUT2D eigenvalue weighted by molar-refractivity contribution is 9.09. The van der Waals surface area contributed by atoms with E-state index < -0.39 is 5.24 Å². The molecule has 456 valence electrons. The number of nitrogens with zero attached hydrogens (tertiary/aromatic N) is 5. The molecule has 0 unspecified atom stereocenters. The van der Waals surface area contributed by atoms with Crippen LogP contribution in [0.2, 0.25) is 0 Å². The number of amides is 3. The summed E-state index contributed by atoms with van der Waals surface area (Å²) in [6, 6.07) is 31.3. The molecule has 8 aromatic rings. The number of aromatic amines is 2. The molecular weight excluding hydrogens is 1200 g/mol. The van der Waals surface area contributed by atoms with Gasteiger partial charge in [0, 0.05) is 133 Å². The third-order valence-electron chi connectivity index (χ3n) is 15.7. The Morgan fingerprint density at radius 1 is 0.632 bits per heavy atom. The summed E-state index contributed by atoms with van der Waals surface area (Å²) in [4.78, 5) is 75.9. The summed E-state index contributed by atoms with van der Waals surface area (Å²) in [5, 5.41) is 19.0. The maximum Gasteiger partial charge on any atom is 0.251 e. The number of nitrogens with one attached hydrogen (secondary N) is 7. The first-order valence-electron chi connectivity index (χ1n) is 29.4. The second-order valence-electron chi connectivity index (χ2n) is 22.6. The number of hydrogen-bond acceptors (Lipinski definition) is 12. The molecule has 0 radical (unpaired) electrons. The lowest BCUT2D eigenvalue weighted by atomic mass is 9.91. The first-order chi connectivity index (χ1) is 41.3. The number of benzene rings is 4. The summed E-state index contributed by atoms with van der Waals surface area (Å²) in [6.45, 7) is 0.690. The van der Waals surface area contributed by atoms with Crippen molar-refractivity contribution in [1.82, 2.24) is 45.4 Å². The molecule has 4 aliphatic carbocycles. The molecule has 4 saturated carbocycles. The molecule has 17 nitrogen and oxygen atoms in total. The van der Waals surface area contributed by atoms with Crippen molar-refractivity contribution in [2.45, 2.75) is 120 Å². The van der Waals surface area contributed by atoms with E-state index >= 15 is 0 Å². The second-order valence-corrected chi connectivity index (χ2v) is 23.6. The van der Waals surface area contributed by atoms with Gasteiger partial charge in [0.25, 0.3) is 11.8 Å². The van der Waals surface area contributed by atoms with Crippen molar-refractivity contribution in [3.05, 3.63) is 168 Å². The van der Waals surface area contributed by atoms with E-state index in [9.17, 15) is 19.2 Å². The van der Waals surface area contributed by atoms with Gasteiger partial charge in [-0.15, -0.1) is 12.4 Å². The number of fused-ring (bicyclic) bond motifs is 2. The number of hydrogen-bond donors (Lipinski definition) is 8. The van der Waals surface area contributed by atoms with E-state index in [1.165, 1.54) is 59.7 Å². The Morgan fingerprint density at radius 3 is 1.53 bits per heavy atom. The smallest absolute Gasteiger partial charge is 0.251 e. The Balaban J connectivity index is 0.000000202. The van der Waals surface area contributed by atoms with Gasteiger partial charge in [-0.25, -0.2) is 19.9 Å². The second kappa shape index (κ2) is 31.1. The van der Waals surface area contributed by atoms with Gasteiger partial charge in [0.1, 0.15) is 0 Å². The quantitative estimate of drug-likeness (QED) is 0.0173. The monoisotopic (exact) mass is 1280 g/mol. The molecule has 0 spiro atoms. The lowest BCUT2D eigenvalue weighted by Crippen LogP contribution is -2.42. The first-order valence-corrected chi connectivity index (χ1v) is 30.9. The third-order valence-corrected chi connectivity index (χ3v) is 16.2. The fourth-order valence-electron chi connectivity index (χ4n) is 11.1. The van der Waals surface area contributed by atoms with E-state index in [1.807, 2.05) is 49.6 Å². The SMILES string of the molecule is C.CN(C)C/C=C/C(=O)Nc1ccc(C(=O)N[C@H]2CCC[C@@H](Nc3ncc(C4CC4)c(-c4c[nH]c5ccccc45)n3)C2)cc1.Cl.Nc1ccc(C(=O)N[C@H]2CCC[C@@H](Nc3ncc(C4CC4)c(-c4c[nH]c5ccccc45)n3)C2)cc1.O=C(Cl)/C=C/CBr. The van der Waals surface area contributed by atoms with Crippen LogP contribution in [0.25, 0.3) is 44.3 Å². The molecule has 4 atom stereocenters. The van der Waals surface area contributed by atoms with Crippen LogP contribution in [0.3, 0.4) is 0 Å². The summed E-state index contributed by atoms with van der Waals surface area (Å²) in [5.74, 6) is 2.02. The van der Waals surface area contributed by atoms with Crippen LogP contribution < -0.4 is 32.3 Å². The van der Waals surface area contributed by atoms with E-state index in [0.717, 1.165) is 84.9 Å². The molecule has 4 heterocycles. The lowest BCUT2D eigenvalue weighted by Gasteiger charge is -2.30. The average molecular weight is 1280 g/mol. The topological polar surface area (TPSA) is 241 Å². The number of alkyl halides is 1. The summed E-state index contributed by atoms with van der Waals surface area (Å²) >= 11 is 7.99. The van der Waals surface area contributed by atoms with Crippen LogP contribution in [0.4, 0.5) is 23.3 Å². The van der Waals surface area contributed by atoms with Crippen LogP contribution in [-0.2, 0) is 9.59 Å². The van der Waals surface area contributed by atoms with E-state index in [1.54, 1.807) is 54.6 Å². The molecule has 87 heavy (non-hydrogen) atoms. The van der Waals surface area contributed by atoms with Crippen molar-refractivity contribution in [1.29, 1.82) is 0 Å². The van der Waals surface area contributed by atoms with Crippen molar-refractivity contribution in [2.24, 2.45) is 0 Å². The molecular formula is C67H78BrCl2N13O4. The van der Waals surface area contributed by atoms with Gasteiger partial charge < -0.3 is 47.2 Å². The Hall–Kier alpha value is -7.90. The van der Waals surface area contributed by atoms with Gasteiger partial charge in [-0.1, -0.05) is 71.9 Å². The zero-order chi connectivity index (χ0) is 59.2. The summed E-state index contributed by atoms with van der Waals surface area (Å²) in [7, 11) is 3.89. The van der Waals surface area contributed by atoms with E-state index in [4.69, 9.17) is 37.3 Å². The third kappa shape index (κ3) is 18.1. The number of nitrogen functional groups attached to an aromatic ring is 1. The highest BCUT2D eigenvalue weighted by atomic mass is 79.9. The van der Waals surface area contributed by atoms with Crippen molar-refractivity contribution >= 4 is 108 Å². The first kappa shape index (κ1) is 65.1. The van der Waals surface area contributed by atoms with E-state index in [0.29, 0.717) is 58.1 Å². The fourth-order valence-corrected chi connectivity index (χ4v) is 11.4. The number of likely N-dealkylation sites (N-methyl/N-ethyl adjacent to an activating group) is 1. The Bertz CT molecular complexity index is 3670. The number of allylic oxidation sites excluding steroid dienone is 2. The number of H-pyrrole nitrogens is 2. The highest BCUT2D eigenvalue weighted by Gasteiger charge is 2.32. The molecule has 0 saturated heterocycles. The van der Waals surface area contributed by atoms with E-state index in [-0.39, 0.29) is 61.7 Å². The molecule has 4 aliphatic rings. The zero-order valence-corrected chi connectivity index (χ0v) is 51.5. The number of halogens is 3. The minimum absolute atomic E-state index is 0.